The Balaban J connectivity index is 2.44. The van der Waals surface area contributed by atoms with Crippen LogP contribution in [0.3, 0.4) is 0 Å². The number of amides is 1. The first-order valence-electron chi connectivity index (χ1n) is 3.88. The maximum absolute atomic E-state index is 10.8. The van der Waals surface area contributed by atoms with Crippen LogP contribution in [0.2, 0.25) is 0 Å². The molecule has 66 valence electrons. The van der Waals surface area contributed by atoms with Crippen molar-refractivity contribution in [3.8, 4) is 0 Å². The van der Waals surface area contributed by atoms with Gasteiger partial charge in [0, 0.05) is 13.1 Å². The van der Waals surface area contributed by atoms with Gasteiger partial charge in [-0.2, -0.15) is 0 Å². The number of carbonyl (C=O) groups excluding carboxylic acids is 1. The van der Waals surface area contributed by atoms with Crippen molar-refractivity contribution >= 4 is 32.5 Å². The highest BCUT2D eigenvalue weighted by Gasteiger charge is 2.02. The topological polar surface area (TPSA) is 42.0 Å². The Labute approximate surface area is 79.4 Å². The van der Waals surface area contributed by atoms with Crippen molar-refractivity contribution in [3.05, 3.63) is 24.4 Å². The third kappa shape index (κ3) is 1.67. The van der Waals surface area contributed by atoms with Gasteiger partial charge in [-0.3, -0.25) is 9.78 Å². The average molecular weight is 192 g/mol. The zero-order valence-corrected chi connectivity index (χ0v) is 7.89. The molecule has 0 aliphatic carbocycles. The molecule has 0 unspecified atom stereocenters. The normalized spacial score (nSPS) is 10.2. The van der Waals surface area contributed by atoms with E-state index in [2.05, 4.69) is 10.3 Å². The Morgan fingerprint density at radius 1 is 1.62 bits per heavy atom. The number of fused-ring (bicyclic) bond motifs is 1. The maximum atomic E-state index is 10.8. The van der Waals surface area contributed by atoms with Crippen molar-refractivity contribution in [2.75, 3.05) is 5.32 Å². The van der Waals surface area contributed by atoms with Gasteiger partial charge in [-0.15, -0.1) is 11.3 Å². The molecule has 0 saturated heterocycles. The van der Waals surface area contributed by atoms with Crippen molar-refractivity contribution in [3.63, 3.8) is 0 Å². The summed E-state index contributed by atoms with van der Waals surface area (Å²) in [7, 11) is 0. The number of thiophene rings is 1. The van der Waals surface area contributed by atoms with Crippen molar-refractivity contribution < 1.29 is 4.79 Å². The number of nitrogens with zero attached hydrogens (tertiary/aromatic N) is 1. The second-order valence-electron chi connectivity index (χ2n) is 2.68. The van der Waals surface area contributed by atoms with Gasteiger partial charge < -0.3 is 5.32 Å². The lowest BCUT2D eigenvalue weighted by molar-refractivity contribution is -0.114. The summed E-state index contributed by atoms with van der Waals surface area (Å²) < 4.78 is 1.09. The highest BCUT2D eigenvalue weighted by molar-refractivity contribution is 7.22. The summed E-state index contributed by atoms with van der Waals surface area (Å²) in [6.07, 6.45) is 1.74. The van der Waals surface area contributed by atoms with Crippen LogP contribution in [0.1, 0.15) is 6.92 Å². The molecule has 0 radical (unpaired) electrons. The molecular formula is C9H8N2OS. The van der Waals surface area contributed by atoms with E-state index in [-0.39, 0.29) is 5.91 Å². The van der Waals surface area contributed by atoms with Crippen molar-refractivity contribution in [1.29, 1.82) is 0 Å². The van der Waals surface area contributed by atoms with Crippen LogP contribution in [0.5, 0.6) is 0 Å². The van der Waals surface area contributed by atoms with E-state index in [4.69, 9.17) is 0 Å². The largest absolute Gasteiger partial charge is 0.318 e. The minimum Gasteiger partial charge on any atom is -0.318 e. The molecule has 1 N–H and O–H groups in total. The number of pyridine rings is 1. The Morgan fingerprint density at radius 2 is 2.46 bits per heavy atom. The van der Waals surface area contributed by atoms with Crippen LogP contribution < -0.4 is 5.32 Å². The SMILES string of the molecule is CC(=O)Nc1cc2ncccc2s1. The zero-order chi connectivity index (χ0) is 9.26. The van der Waals surface area contributed by atoms with Gasteiger partial charge in [-0.1, -0.05) is 0 Å². The smallest absolute Gasteiger partial charge is 0.221 e. The quantitative estimate of drug-likeness (QED) is 0.753. The molecule has 2 heterocycles. The maximum Gasteiger partial charge on any atom is 0.221 e. The molecule has 2 aromatic heterocycles. The molecule has 0 atom stereocenters. The third-order valence-corrected chi connectivity index (χ3v) is 2.59. The van der Waals surface area contributed by atoms with Gasteiger partial charge in [0.15, 0.2) is 0 Å². The number of carbonyl (C=O) groups is 1. The molecule has 2 rings (SSSR count). The second kappa shape index (κ2) is 3.14. The predicted molar refractivity (Wildman–Crippen MR) is 53.9 cm³/mol. The summed E-state index contributed by atoms with van der Waals surface area (Å²) in [4.78, 5) is 14.9. The minimum absolute atomic E-state index is 0.0495. The Morgan fingerprint density at radius 3 is 3.15 bits per heavy atom. The Bertz CT molecular complexity index is 417. The molecule has 4 heteroatoms. The number of aromatic nitrogens is 1. The van der Waals surface area contributed by atoms with Crippen molar-refractivity contribution in [2.45, 2.75) is 6.92 Å². The van der Waals surface area contributed by atoms with Gasteiger partial charge in [0.2, 0.25) is 5.91 Å². The molecule has 0 aliphatic heterocycles. The molecule has 1 amide bonds. The van der Waals surface area contributed by atoms with Crippen LogP contribution in [0.15, 0.2) is 24.4 Å². The number of hydrogen-bond donors (Lipinski definition) is 1. The molecule has 0 saturated carbocycles. The predicted octanol–water partition coefficient (Wildman–Crippen LogP) is 2.25. The lowest BCUT2D eigenvalue weighted by Gasteiger charge is -1.92. The van der Waals surface area contributed by atoms with Crippen LogP contribution in [-0.4, -0.2) is 10.9 Å². The van der Waals surface area contributed by atoms with Crippen LogP contribution in [0.4, 0.5) is 5.00 Å². The monoisotopic (exact) mass is 192 g/mol. The summed E-state index contributed by atoms with van der Waals surface area (Å²) in [5.74, 6) is -0.0495. The van der Waals surface area contributed by atoms with Gasteiger partial charge in [0.25, 0.3) is 0 Å². The van der Waals surface area contributed by atoms with Gasteiger partial charge in [-0.05, 0) is 18.2 Å². The fourth-order valence-corrected chi connectivity index (χ4v) is 2.07. The van der Waals surface area contributed by atoms with Gasteiger partial charge in [0.05, 0.1) is 15.2 Å². The fourth-order valence-electron chi connectivity index (χ4n) is 1.10. The standard InChI is InChI=1S/C9H8N2OS/c1-6(12)11-9-5-7-8(13-9)3-2-4-10-7/h2-5H,1H3,(H,11,12). The fraction of sp³-hybridized carbons (Fsp3) is 0.111. The van der Waals surface area contributed by atoms with Crippen LogP contribution in [0, 0.1) is 0 Å². The summed E-state index contributed by atoms with van der Waals surface area (Å²) in [6.45, 7) is 1.50. The number of nitrogens with one attached hydrogen (secondary N) is 1. The highest BCUT2D eigenvalue weighted by atomic mass is 32.1. The van der Waals surface area contributed by atoms with Crippen LogP contribution >= 0.6 is 11.3 Å². The number of rotatable bonds is 1. The number of hydrogen-bond acceptors (Lipinski definition) is 3. The second-order valence-corrected chi connectivity index (χ2v) is 3.76. The molecular weight excluding hydrogens is 184 g/mol. The summed E-state index contributed by atoms with van der Waals surface area (Å²) in [5, 5.41) is 3.58. The Hall–Kier alpha value is -1.42. The average Bonchev–Trinajstić information content (AvgIpc) is 2.44. The Kier molecular flexibility index (Phi) is 1.98. The van der Waals surface area contributed by atoms with Crippen LogP contribution in [0.25, 0.3) is 10.2 Å². The van der Waals surface area contributed by atoms with E-state index in [9.17, 15) is 4.79 Å². The third-order valence-electron chi connectivity index (χ3n) is 1.59. The highest BCUT2D eigenvalue weighted by Crippen LogP contribution is 2.27. The van der Waals surface area contributed by atoms with E-state index < -0.39 is 0 Å². The van der Waals surface area contributed by atoms with E-state index >= 15 is 0 Å². The van der Waals surface area contributed by atoms with Gasteiger partial charge in [0.1, 0.15) is 0 Å². The lowest BCUT2D eigenvalue weighted by atomic mass is 10.4. The van der Waals surface area contributed by atoms with E-state index in [1.807, 2.05) is 18.2 Å². The molecule has 0 fully saturated rings. The molecule has 13 heavy (non-hydrogen) atoms. The molecule has 3 nitrogen and oxygen atoms in total. The first kappa shape index (κ1) is 8.19. The molecule has 0 aliphatic rings. The molecule has 0 spiro atoms. The molecule has 2 aromatic rings. The van der Waals surface area contributed by atoms with E-state index in [1.54, 1.807) is 6.20 Å². The first-order chi connectivity index (χ1) is 6.25. The van der Waals surface area contributed by atoms with Crippen molar-refractivity contribution in [1.82, 2.24) is 4.98 Å². The first-order valence-corrected chi connectivity index (χ1v) is 4.69. The van der Waals surface area contributed by atoms with E-state index in [1.165, 1.54) is 18.3 Å². The van der Waals surface area contributed by atoms with Crippen molar-refractivity contribution in [2.24, 2.45) is 0 Å². The summed E-state index contributed by atoms with van der Waals surface area (Å²) in [6, 6.07) is 5.75. The summed E-state index contributed by atoms with van der Waals surface area (Å²) >= 11 is 1.53. The molecule has 0 bridgehead atoms. The van der Waals surface area contributed by atoms with E-state index in [0.717, 1.165) is 15.2 Å². The minimum atomic E-state index is -0.0495. The number of anilines is 1. The van der Waals surface area contributed by atoms with Gasteiger partial charge in [-0.25, -0.2) is 0 Å². The summed E-state index contributed by atoms with van der Waals surface area (Å²) in [5.41, 5.74) is 0.927. The van der Waals surface area contributed by atoms with Crippen LogP contribution in [-0.2, 0) is 4.79 Å². The zero-order valence-electron chi connectivity index (χ0n) is 7.07. The van der Waals surface area contributed by atoms with Gasteiger partial charge >= 0.3 is 0 Å². The van der Waals surface area contributed by atoms with E-state index in [0.29, 0.717) is 0 Å². The lowest BCUT2D eigenvalue weighted by Crippen LogP contribution is -2.03. The molecule has 0 aromatic carbocycles.